The summed E-state index contributed by atoms with van der Waals surface area (Å²) in [5.74, 6) is 0.911. The van der Waals surface area contributed by atoms with Crippen LogP contribution >= 0.6 is 0 Å². The highest BCUT2D eigenvalue weighted by molar-refractivity contribution is 5.90. The molecule has 1 N–H and O–H groups in total. The highest BCUT2D eigenvalue weighted by Gasteiger charge is 2.08. The van der Waals surface area contributed by atoms with Crippen molar-refractivity contribution in [2.45, 2.75) is 19.9 Å². The van der Waals surface area contributed by atoms with Crippen LogP contribution < -0.4 is 5.32 Å². The molecule has 0 aliphatic carbocycles. The van der Waals surface area contributed by atoms with E-state index in [4.69, 9.17) is 4.52 Å². The third kappa shape index (κ3) is 3.08. The molecule has 0 fully saturated rings. The summed E-state index contributed by atoms with van der Waals surface area (Å²) >= 11 is 0. The lowest BCUT2D eigenvalue weighted by molar-refractivity contribution is -0.120. The zero-order chi connectivity index (χ0) is 14.7. The lowest BCUT2D eigenvalue weighted by Gasteiger charge is -2.06. The highest BCUT2D eigenvalue weighted by Crippen LogP contribution is 2.18. The van der Waals surface area contributed by atoms with Crippen LogP contribution in [0.2, 0.25) is 0 Å². The molecule has 0 aliphatic heterocycles. The molecule has 0 bridgehead atoms. The Labute approximate surface area is 122 Å². The number of benzene rings is 2. The number of amides is 1. The summed E-state index contributed by atoms with van der Waals surface area (Å²) < 4.78 is 4.96. The van der Waals surface area contributed by atoms with Crippen LogP contribution in [-0.4, -0.2) is 16.0 Å². The van der Waals surface area contributed by atoms with E-state index < -0.39 is 0 Å². The van der Waals surface area contributed by atoms with Crippen LogP contribution in [0.1, 0.15) is 17.3 Å². The quantitative estimate of drug-likeness (QED) is 0.797. The van der Waals surface area contributed by atoms with E-state index in [0.717, 1.165) is 16.3 Å². The number of aromatic nitrogens is 2. The second kappa shape index (κ2) is 5.75. The topological polar surface area (TPSA) is 68.0 Å². The Morgan fingerprint density at radius 2 is 2.00 bits per heavy atom. The fourth-order valence-corrected chi connectivity index (χ4v) is 2.27. The minimum atomic E-state index is -0.0674. The molecular formula is C16H15N3O2. The van der Waals surface area contributed by atoms with E-state index in [2.05, 4.69) is 15.5 Å². The standard InChI is InChI=1S/C16H15N3O2/c1-11-18-16(21-19-11)10-17-15(20)9-13-7-4-6-12-5-2-3-8-14(12)13/h2-8H,9-10H2,1H3,(H,17,20). The number of nitrogens with zero attached hydrogens (tertiary/aromatic N) is 2. The van der Waals surface area contributed by atoms with Gasteiger partial charge in [0.05, 0.1) is 13.0 Å². The van der Waals surface area contributed by atoms with Crippen molar-refractivity contribution < 1.29 is 9.32 Å². The van der Waals surface area contributed by atoms with E-state index in [-0.39, 0.29) is 12.5 Å². The largest absolute Gasteiger partial charge is 0.347 e. The molecule has 2 aromatic carbocycles. The van der Waals surface area contributed by atoms with Gasteiger partial charge < -0.3 is 9.84 Å². The van der Waals surface area contributed by atoms with Gasteiger partial charge in [-0.3, -0.25) is 4.79 Å². The number of nitrogens with one attached hydrogen (secondary N) is 1. The second-order valence-corrected chi connectivity index (χ2v) is 4.83. The Kier molecular flexibility index (Phi) is 3.64. The molecule has 1 amide bonds. The summed E-state index contributed by atoms with van der Waals surface area (Å²) in [6.07, 6.45) is 0.328. The third-order valence-electron chi connectivity index (χ3n) is 3.24. The fourth-order valence-electron chi connectivity index (χ4n) is 2.27. The van der Waals surface area contributed by atoms with Gasteiger partial charge in [-0.05, 0) is 23.3 Å². The number of carbonyl (C=O) groups excluding carboxylic acids is 1. The van der Waals surface area contributed by atoms with Gasteiger partial charge in [0.15, 0.2) is 5.82 Å². The Bertz CT molecular complexity index is 775. The van der Waals surface area contributed by atoms with Crippen molar-refractivity contribution in [3.8, 4) is 0 Å². The SMILES string of the molecule is Cc1noc(CNC(=O)Cc2cccc3ccccc23)n1. The van der Waals surface area contributed by atoms with Crippen LogP contribution in [0.15, 0.2) is 47.0 Å². The molecule has 1 aromatic heterocycles. The van der Waals surface area contributed by atoms with Crippen LogP contribution in [-0.2, 0) is 17.8 Å². The molecule has 0 spiro atoms. The van der Waals surface area contributed by atoms with E-state index >= 15 is 0 Å². The van der Waals surface area contributed by atoms with Crippen molar-refractivity contribution >= 4 is 16.7 Å². The molecule has 0 atom stereocenters. The summed E-state index contributed by atoms with van der Waals surface area (Å²) in [6.45, 7) is 2.00. The first-order valence-corrected chi connectivity index (χ1v) is 6.75. The van der Waals surface area contributed by atoms with Crippen LogP contribution in [0.4, 0.5) is 0 Å². The van der Waals surface area contributed by atoms with Crippen LogP contribution in [0, 0.1) is 6.92 Å². The Hall–Kier alpha value is -2.69. The van der Waals surface area contributed by atoms with E-state index in [1.54, 1.807) is 6.92 Å². The Morgan fingerprint density at radius 1 is 1.19 bits per heavy atom. The normalized spacial score (nSPS) is 10.7. The minimum Gasteiger partial charge on any atom is -0.347 e. The van der Waals surface area contributed by atoms with E-state index in [0.29, 0.717) is 18.1 Å². The molecule has 0 radical (unpaired) electrons. The van der Waals surface area contributed by atoms with Gasteiger partial charge in [0.2, 0.25) is 11.8 Å². The smallest absolute Gasteiger partial charge is 0.246 e. The molecule has 106 valence electrons. The summed E-state index contributed by atoms with van der Waals surface area (Å²) in [5.41, 5.74) is 1.01. The predicted molar refractivity (Wildman–Crippen MR) is 78.5 cm³/mol. The molecule has 0 aliphatic rings. The number of aryl methyl sites for hydroxylation is 1. The highest BCUT2D eigenvalue weighted by atomic mass is 16.5. The maximum absolute atomic E-state index is 12.0. The van der Waals surface area contributed by atoms with Crippen molar-refractivity contribution in [3.05, 3.63) is 59.7 Å². The van der Waals surface area contributed by atoms with Crippen molar-refractivity contribution in [3.63, 3.8) is 0 Å². The van der Waals surface area contributed by atoms with Crippen LogP contribution in [0.5, 0.6) is 0 Å². The zero-order valence-electron chi connectivity index (χ0n) is 11.7. The monoisotopic (exact) mass is 281 g/mol. The van der Waals surface area contributed by atoms with Gasteiger partial charge in [0.25, 0.3) is 0 Å². The molecule has 0 saturated carbocycles. The zero-order valence-corrected chi connectivity index (χ0v) is 11.7. The van der Waals surface area contributed by atoms with E-state index in [1.165, 1.54) is 0 Å². The van der Waals surface area contributed by atoms with Crippen molar-refractivity contribution in [1.29, 1.82) is 0 Å². The summed E-state index contributed by atoms with van der Waals surface area (Å²) in [4.78, 5) is 16.1. The number of hydrogen-bond donors (Lipinski definition) is 1. The van der Waals surface area contributed by atoms with Crippen molar-refractivity contribution in [2.75, 3.05) is 0 Å². The van der Waals surface area contributed by atoms with Gasteiger partial charge in [-0.15, -0.1) is 0 Å². The maximum atomic E-state index is 12.0. The summed E-state index contributed by atoms with van der Waals surface area (Å²) in [5, 5.41) is 8.71. The Balaban J connectivity index is 1.69. The van der Waals surface area contributed by atoms with Crippen LogP contribution in [0.25, 0.3) is 10.8 Å². The number of fused-ring (bicyclic) bond motifs is 1. The fraction of sp³-hybridized carbons (Fsp3) is 0.188. The van der Waals surface area contributed by atoms with Gasteiger partial charge in [-0.25, -0.2) is 0 Å². The summed E-state index contributed by atoms with van der Waals surface area (Å²) in [7, 11) is 0. The molecule has 1 heterocycles. The first-order chi connectivity index (χ1) is 10.2. The lowest BCUT2D eigenvalue weighted by Crippen LogP contribution is -2.24. The average molecular weight is 281 g/mol. The molecule has 5 heteroatoms. The Morgan fingerprint density at radius 3 is 2.81 bits per heavy atom. The van der Waals surface area contributed by atoms with E-state index in [1.807, 2.05) is 42.5 Å². The lowest BCUT2D eigenvalue weighted by atomic mass is 10.0. The molecule has 0 saturated heterocycles. The first kappa shape index (κ1) is 13.3. The average Bonchev–Trinajstić information content (AvgIpc) is 2.91. The van der Waals surface area contributed by atoms with Gasteiger partial charge >= 0.3 is 0 Å². The predicted octanol–water partition coefficient (Wildman–Crippen LogP) is 2.39. The van der Waals surface area contributed by atoms with E-state index in [9.17, 15) is 4.79 Å². The molecule has 5 nitrogen and oxygen atoms in total. The van der Waals surface area contributed by atoms with Gasteiger partial charge in [-0.1, -0.05) is 47.6 Å². The molecule has 3 rings (SSSR count). The van der Waals surface area contributed by atoms with Crippen molar-refractivity contribution in [2.24, 2.45) is 0 Å². The molecular weight excluding hydrogens is 266 g/mol. The first-order valence-electron chi connectivity index (χ1n) is 6.75. The van der Waals surface area contributed by atoms with Gasteiger partial charge in [0, 0.05) is 0 Å². The third-order valence-corrected chi connectivity index (χ3v) is 3.24. The molecule has 3 aromatic rings. The van der Waals surface area contributed by atoms with Crippen molar-refractivity contribution in [1.82, 2.24) is 15.5 Å². The molecule has 0 unspecified atom stereocenters. The number of carbonyl (C=O) groups is 1. The van der Waals surface area contributed by atoms with Crippen LogP contribution in [0.3, 0.4) is 0 Å². The maximum Gasteiger partial charge on any atom is 0.246 e. The summed E-state index contributed by atoms with van der Waals surface area (Å²) in [6, 6.07) is 14.0. The second-order valence-electron chi connectivity index (χ2n) is 4.83. The number of rotatable bonds is 4. The van der Waals surface area contributed by atoms with Gasteiger partial charge in [0.1, 0.15) is 0 Å². The minimum absolute atomic E-state index is 0.0674. The number of hydrogen-bond acceptors (Lipinski definition) is 4. The molecule has 21 heavy (non-hydrogen) atoms. The van der Waals surface area contributed by atoms with Gasteiger partial charge in [-0.2, -0.15) is 4.98 Å².